The second-order valence-corrected chi connectivity index (χ2v) is 5.47. The van der Waals surface area contributed by atoms with E-state index in [1.807, 2.05) is 0 Å². The van der Waals surface area contributed by atoms with Gasteiger partial charge < -0.3 is 10.1 Å². The first-order chi connectivity index (χ1) is 8.33. The summed E-state index contributed by atoms with van der Waals surface area (Å²) in [6, 6.07) is 4.54. The number of ether oxygens (including phenoxy) is 1. The van der Waals surface area contributed by atoms with E-state index in [2.05, 4.69) is 30.8 Å². The Labute approximate surface area is 107 Å². The molecule has 0 fully saturated rings. The van der Waals surface area contributed by atoms with Crippen LogP contribution in [-0.2, 0) is 11.3 Å². The van der Waals surface area contributed by atoms with Gasteiger partial charge in [-0.1, -0.05) is 26.8 Å². The molecule has 0 saturated heterocycles. The zero-order chi connectivity index (χ0) is 13.8. The summed E-state index contributed by atoms with van der Waals surface area (Å²) in [5.74, 6) is -1.20. The molecule has 0 aliphatic carbocycles. The van der Waals surface area contributed by atoms with Crippen molar-refractivity contribution in [3.63, 3.8) is 0 Å². The summed E-state index contributed by atoms with van der Waals surface area (Å²) in [5, 5.41) is 3.25. The molecule has 18 heavy (non-hydrogen) atoms. The van der Waals surface area contributed by atoms with Crippen LogP contribution in [0.25, 0.3) is 0 Å². The molecular formula is C14H20FNO2. The Morgan fingerprint density at radius 3 is 2.56 bits per heavy atom. The van der Waals surface area contributed by atoms with Crippen molar-refractivity contribution in [1.82, 2.24) is 5.32 Å². The van der Waals surface area contributed by atoms with E-state index in [4.69, 9.17) is 0 Å². The van der Waals surface area contributed by atoms with Gasteiger partial charge in [-0.2, -0.15) is 0 Å². The van der Waals surface area contributed by atoms with Gasteiger partial charge >= 0.3 is 5.97 Å². The summed E-state index contributed by atoms with van der Waals surface area (Å²) in [4.78, 5) is 11.2. The van der Waals surface area contributed by atoms with Crippen molar-refractivity contribution in [2.24, 2.45) is 5.41 Å². The van der Waals surface area contributed by atoms with Crippen LogP contribution in [0.4, 0.5) is 4.39 Å². The Balaban J connectivity index is 2.65. The number of hydrogen-bond acceptors (Lipinski definition) is 3. The predicted molar refractivity (Wildman–Crippen MR) is 68.9 cm³/mol. The van der Waals surface area contributed by atoms with Gasteiger partial charge in [0, 0.05) is 13.1 Å². The SMILES string of the molecule is COC(=O)c1ccc(CNCC(C)(C)C)cc1F. The molecule has 0 aliphatic rings. The molecule has 0 radical (unpaired) electrons. The van der Waals surface area contributed by atoms with Gasteiger partial charge in [0.1, 0.15) is 5.82 Å². The Bertz CT molecular complexity index is 424. The summed E-state index contributed by atoms with van der Waals surface area (Å²) < 4.78 is 18.1. The van der Waals surface area contributed by atoms with Gasteiger partial charge in [-0.3, -0.25) is 0 Å². The third-order valence-corrected chi connectivity index (χ3v) is 2.42. The van der Waals surface area contributed by atoms with E-state index in [0.717, 1.165) is 12.1 Å². The molecule has 1 aromatic rings. The first kappa shape index (κ1) is 14.6. The summed E-state index contributed by atoms with van der Waals surface area (Å²) in [6.45, 7) is 7.80. The molecule has 100 valence electrons. The van der Waals surface area contributed by atoms with Gasteiger partial charge in [0.2, 0.25) is 0 Å². The lowest BCUT2D eigenvalue weighted by molar-refractivity contribution is 0.0595. The van der Waals surface area contributed by atoms with Gasteiger partial charge in [0.15, 0.2) is 0 Å². The highest BCUT2D eigenvalue weighted by molar-refractivity contribution is 5.89. The number of halogens is 1. The third-order valence-electron chi connectivity index (χ3n) is 2.42. The molecule has 0 spiro atoms. The van der Waals surface area contributed by atoms with E-state index in [1.165, 1.54) is 19.2 Å². The minimum Gasteiger partial charge on any atom is -0.465 e. The highest BCUT2D eigenvalue weighted by Gasteiger charge is 2.13. The molecule has 0 unspecified atom stereocenters. The Kier molecular flexibility index (Phi) is 4.84. The van der Waals surface area contributed by atoms with E-state index >= 15 is 0 Å². The van der Waals surface area contributed by atoms with Gasteiger partial charge in [-0.15, -0.1) is 0 Å². The molecular weight excluding hydrogens is 233 g/mol. The van der Waals surface area contributed by atoms with Gasteiger partial charge in [0.25, 0.3) is 0 Å². The quantitative estimate of drug-likeness (QED) is 0.838. The average Bonchev–Trinajstić information content (AvgIpc) is 2.26. The van der Waals surface area contributed by atoms with Crippen LogP contribution < -0.4 is 5.32 Å². The van der Waals surface area contributed by atoms with Crippen molar-refractivity contribution in [1.29, 1.82) is 0 Å². The molecule has 0 bridgehead atoms. The molecule has 3 nitrogen and oxygen atoms in total. The highest BCUT2D eigenvalue weighted by Crippen LogP contribution is 2.13. The number of rotatable bonds is 4. The van der Waals surface area contributed by atoms with E-state index in [-0.39, 0.29) is 11.0 Å². The van der Waals surface area contributed by atoms with Crippen LogP contribution in [0, 0.1) is 11.2 Å². The Morgan fingerprint density at radius 1 is 1.39 bits per heavy atom. The number of carbonyl (C=O) groups is 1. The van der Waals surface area contributed by atoms with Crippen LogP contribution in [0.2, 0.25) is 0 Å². The van der Waals surface area contributed by atoms with Crippen LogP contribution >= 0.6 is 0 Å². The van der Waals surface area contributed by atoms with Crippen molar-refractivity contribution in [3.05, 3.63) is 35.1 Å². The topological polar surface area (TPSA) is 38.3 Å². The molecule has 0 saturated carbocycles. The number of hydrogen-bond donors (Lipinski definition) is 1. The molecule has 1 N–H and O–H groups in total. The molecule has 0 aliphatic heterocycles. The lowest BCUT2D eigenvalue weighted by Crippen LogP contribution is -2.26. The van der Waals surface area contributed by atoms with Gasteiger partial charge in [0.05, 0.1) is 12.7 Å². The molecule has 4 heteroatoms. The fourth-order valence-electron chi connectivity index (χ4n) is 1.53. The summed E-state index contributed by atoms with van der Waals surface area (Å²) >= 11 is 0. The summed E-state index contributed by atoms with van der Waals surface area (Å²) in [6.07, 6.45) is 0. The predicted octanol–water partition coefficient (Wildman–Crippen LogP) is 2.75. The monoisotopic (exact) mass is 253 g/mol. The maximum absolute atomic E-state index is 13.6. The zero-order valence-electron chi connectivity index (χ0n) is 11.3. The maximum atomic E-state index is 13.6. The van der Waals surface area contributed by atoms with Crippen molar-refractivity contribution in [2.75, 3.05) is 13.7 Å². The first-order valence-corrected chi connectivity index (χ1v) is 5.91. The number of nitrogens with one attached hydrogen (secondary N) is 1. The van der Waals surface area contributed by atoms with Gasteiger partial charge in [-0.25, -0.2) is 9.18 Å². The molecule has 0 atom stereocenters. The number of carbonyl (C=O) groups excluding carboxylic acids is 1. The van der Waals surface area contributed by atoms with Crippen molar-refractivity contribution >= 4 is 5.97 Å². The molecule has 0 heterocycles. The zero-order valence-corrected chi connectivity index (χ0v) is 11.3. The van der Waals surface area contributed by atoms with Crippen molar-refractivity contribution in [2.45, 2.75) is 27.3 Å². The maximum Gasteiger partial charge on any atom is 0.340 e. The fraction of sp³-hybridized carbons (Fsp3) is 0.500. The number of esters is 1. The van der Waals surface area contributed by atoms with Gasteiger partial charge in [-0.05, 0) is 23.1 Å². The Hall–Kier alpha value is -1.42. The normalized spacial score (nSPS) is 11.4. The minimum atomic E-state index is -0.651. The summed E-state index contributed by atoms with van der Waals surface area (Å²) in [7, 11) is 1.24. The molecule has 1 rings (SSSR count). The fourth-order valence-corrected chi connectivity index (χ4v) is 1.53. The highest BCUT2D eigenvalue weighted by atomic mass is 19.1. The molecule has 0 aromatic heterocycles. The van der Waals surface area contributed by atoms with E-state index in [1.54, 1.807) is 6.07 Å². The lowest BCUT2D eigenvalue weighted by Gasteiger charge is -2.18. The van der Waals surface area contributed by atoms with E-state index in [0.29, 0.717) is 6.54 Å². The first-order valence-electron chi connectivity index (χ1n) is 5.91. The van der Waals surface area contributed by atoms with Crippen LogP contribution in [0.3, 0.4) is 0 Å². The Morgan fingerprint density at radius 2 is 2.06 bits per heavy atom. The summed E-state index contributed by atoms with van der Waals surface area (Å²) in [5.41, 5.74) is 0.964. The largest absolute Gasteiger partial charge is 0.465 e. The van der Waals surface area contributed by atoms with E-state index in [9.17, 15) is 9.18 Å². The minimum absolute atomic E-state index is 0.0305. The molecule has 0 amide bonds. The van der Waals surface area contributed by atoms with E-state index < -0.39 is 11.8 Å². The van der Waals surface area contributed by atoms with Crippen molar-refractivity contribution < 1.29 is 13.9 Å². The second kappa shape index (κ2) is 5.96. The third kappa shape index (κ3) is 4.45. The standard InChI is InChI=1S/C14H20FNO2/c1-14(2,3)9-16-8-10-5-6-11(12(15)7-10)13(17)18-4/h5-7,16H,8-9H2,1-4H3. The molecule has 1 aromatic carbocycles. The van der Waals surface area contributed by atoms with Crippen LogP contribution in [-0.4, -0.2) is 19.6 Å². The number of methoxy groups -OCH3 is 1. The lowest BCUT2D eigenvalue weighted by atomic mass is 9.97. The van der Waals surface area contributed by atoms with Crippen molar-refractivity contribution in [3.8, 4) is 0 Å². The second-order valence-electron chi connectivity index (χ2n) is 5.47. The number of benzene rings is 1. The van der Waals surface area contributed by atoms with Crippen LogP contribution in [0.15, 0.2) is 18.2 Å². The van der Waals surface area contributed by atoms with Crippen LogP contribution in [0.5, 0.6) is 0 Å². The smallest absolute Gasteiger partial charge is 0.340 e. The average molecular weight is 253 g/mol. The van der Waals surface area contributed by atoms with Crippen LogP contribution in [0.1, 0.15) is 36.7 Å².